The average Bonchev–Trinajstić information content (AvgIpc) is 3.34. The number of methoxy groups -OCH3 is 2. The van der Waals surface area contributed by atoms with Crippen LogP contribution in [-0.4, -0.2) is 59.2 Å². The number of phenols is 1. The van der Waals surface area contributed by atoms with Gasteiger partial charge in [0.25, 0.3) is 5.89 Å². The second-order valence-electron chi connectivity index (χ2n) is 7.84. The first-order valence-corrected chi connectivity index (χ1v) is 11.6. The number of hydrogen-bond donors (Lipinski definition) is 2. The lowest BCUT2D eigenvalue weighted by Crippen LogP contribution is -2.47. The fraction of sp³-hybridized carbons (Fsp3) is 0.320. The van der Waals surface area contributed by atoms with E-state index in [1.807, 2.05) is 49.1 Å². The minimum absolute atomic E-state index is 0.0251. The molecule has 10 heteroatoms. The van der Waals surface area contributed by atoms with Gasteiger partial charge in [-0.1, -0.05) is 11.2 Å². The van der Waals surface area contributed by atoms with Crippen LogP contribution in [0.3, 0.4) is 0 Å². The van der Waals surface area contributed by atoms with Crippen molar-refractivity contribution in [1.29, 1.82) is 0 Å². The summed E-state index contributed by atoms with van der Waals surface area (Å²) < 4.78 is 21.7. The maximum atomic E-state index is 10.4. The molecule has 2 aromatic carbocycles. The number of thiocarbonyl (C=S) groups is 1. The number of benzene rings is 2. The van der Waals surface area contributed by atoms with Crippen LogP contribution in [-0.2, 0) is 4.74 Å². The van der Waals surface area contributed by atoms with E-state index in [4.69, 9.17) is 35.9 Å². The van der Waals surface area contributed by atoms with Crippen LogP contribution < -0.4 is 14.8 Å². The Morgan fingerprint density at radius 3 is 2.60 bits per heavy atom. The maximum absolute atomic E-state index is 10.4. The van der Waals surface area contributed by atoms with Crippen molar-refractivity contribution in [3.8, 4) is 28.6 Å². The van der Waals surface area contributed by atoms with Crippen molar-refractivity contribution in [2.75, 3.05) is 34.0 Å². The first-order chi connectivity index (χ1) is 17.0. The van der Waals surface area contributed by atoms with E-state index in [0.29, 0.717) is 42.3 Å². The van der Waals surface area contributed by atoms with E-state index in [1.54, 1.807) is 19.2 Å². The molecule has 0 radical (unpaired) electrons. The number of rotatable bonds is 9. The van der Waals surface area contributed by atoms with Gasteiger partial charge in [0, 0.05) is 24.9 Å². The van der Waals surface area contributed by atoms with E-state index in [9.17, 15) is 5.11 Å². The molecule has 3 aromatic rings. The Kier molecular flexibility index (Phi) is 7.52. The third-order valence-corrected chi connectivity index (χ3v) is 6.07. The van der Waals surface area contributed by atoms with Crippen LogP contribution in [0.2, 0.25) is 0 Å². The standard InChI is InChI=1S/C25H28N4O5S/c1-5-33-18-9-6-16(7-10-18)23-27-24(34-28-23)21-15(2)29(12-13-31-3)25(35)26-22(21)17-8-11-20(32-4)19(30)14-17/h6-11,14,22,30H,5,12-13H2,1-4H3,(H,26,35). The van der Waals surface area contributed by atoms with Crippen LogP contribution in [0.15, 0.2) is 52.7 Å². The zero-order chi connectivity index (χ0) is 24.9. The van der Waals surface area contributed by atoms with Crippen LogP contribution >= 0.6 is 12.2 Å². The van der Waals surface area contributed by atoms with Gasteiger partial charge < -0.3 is 34.1 Å². The molecular weight excluding hydrogens is 468 g/mol. The highest BCUT2D eigenvalue weighted by Gasteiger charge is 2.34. The fourth-order valence-electron chi connectivity index (χ4n) is 3.96. The third-order valence-electron chi connectivity index (χ3n) is 5.73. The summed E-state index contributed by atoms with van der Waals surface area (Å²) in [4.78, 5) is 6.64. The van der Waals surface area contributed by atoms with E-state index in [-0.39, 0.29) is 5.75 Å². The largest absolute Gasteiger partial charge is 0.504 e. The molecule has 184 valence electrons. The minimum Gasteiger partial charge on any atom is -0.504 e. The summed E-state index contributed by atoms with van der Waals surface area (Å²) in [6.07, 6.45) is 0. The van der Waals surface area contributed by atoms with Gasteiger partial charge >= 0.3 is 0 Å². The van der Waals surface area contributed by atoms with Crippen molar-refractivity contribution in [1.82, 2.24) is 20.4 Å². The minimum atomic E-state index is -0.424. The molecule has 1 atom stereocenters. The molecular formula is C25H28N4O5S. The first kappa shape index (κ1) is 24.5. The fourth-order valence-corrected chi connectivity index (χ4v) is 4.31. The Morgan fingerprint density at radius 2 is 1.94 bits per heavy atom. The van der Waals surface area contributed by atoms with Gasteiger partial charge in [-0.25, -0.2) is 0 Å². The number of phenolic OH excluding ortho intramolecular Hbond substituents is 1. The van der Waals surface area contributed by atoms with Gasteiger partial charge in [-0.3, -0.25) is 0 Å². The highest BCUT2D eigenvalue weighted by molar-refractivity contribution is 7.80. The van der Waals surface area contributed by atoms with Crippen molar-refractivity contribution in [3.05, 3.63) is 59.6 Å². The van der Waals surface area contributed by atoms with Crippen LogP contribution in [0.5, 0.6) is 17.2 Å². The SMILES string of the molecule is CCOc1ccc(-c2noc(C3=C(C)N(CCOC)C(=S)NC3c3ccc(OC)c(O)c3)n2)cc1. The molecule has 0 saturated carbocycles. The predicted molar refractivity (Wildman–Crippen MR) is 135 cm³/mol. The molecule has 0 saturated heterocycles. The lowest BCUT2D eigenvalue weighted by molar-refractivity contribution is 0.183. The smallest absolute Gasteiger partial charge is 0.258 e. The molecule has 0 amide bonds. The van der Waals surface area contributed by atoms with Crippen LogP contribution in [0, 0.1) is 0 Å². The molecule has 0 bridgehead atoms. The molecule has 0 spiro atoms. The Labute approximate surface area is 209 Å². The van der Waals surface area contributed by atoms with Gasteiger partial charge in [-0.2, -0.15) is 4.98 Å². The molecule has 4 rings (SSSR count). The van der Waals surface area contributed by atoms with E-state index in [0.717, 1.165) is 28.1 Å². The average molecular weight is 497 g/mol. The highest BCUT2D eigenvalue weighted by Crippen LogP contribution is 2.39. The van der Waals surface area contributed by atoms with Crippen molar-refractivity contribution >= 4 is 22.9 Å². The number of aromatic hydroxyl groups is 1. The topological polar surface area (TPSA) is 102 Å². The van der Waals surface area contributed by atoms with E-state index >= 15 is 0 Å². The first-order valence-electron chi connectivity index (χ1n) is 11.2. The number of nitrogens with one attached hydrogen (secondary N) is 1. The third kappa shape index (κ3) is 5.08. The van der Waals surface area contributed by atoms with E-state index < -0.39 is 6.04 Å². The van der Waals surface area contributed by atoms with Crippen molar-refractivity contribution in [2.45, 2.75) is 19.9 Å². The zero-order valence-corrected chi connectivity index (χ0v) is 20.9. The van der Waals surface area contributed by atoms with E-state index in [2.05, 4.69) is 10.5 Å². The summed E-state index contributed by atoms with van der Waals surface area (Å²) in [6.45, 7) is 5.53. The number of aromatic nitrogens is 2. The number of nitrogens with zero attached hydrogens (tertiary/aromatic N) is 3. The van der Waals surface area contributed by atoms with Crippen LogP contribution in [0.4, 0.5) is 0 Å². The number of allylic oxidation sites excluding steroid dienone is 1. The maximum Gasteiger partial charge on any atom is 0.258 e. The van der Waals surface area contributed by atoms with E-state index in [1.165, 1.54) is 7.11 Å². The van der Waals surface area contributed by atoms with Gasteiger partial charge in [-0.15, -0.1) is 0 Å². The Hall–Kier alpha value is -3.63. The predicted octanol–water partition coefficient (Wildman–Crippen LogP) is 4.16. The molecule has 1 aliphatic heterocycles. The number of ether oxygens (including phenoxy) is 3. The molecule has 9 nitrogen and oxygen atoms in total. The van der Waals surface area contributed by atoms with Gasteiger partial charge in [0.2, 0.25) is 5.82 Å². The molecule has 1 aromatic heterocycles. The lowest BCUT2D eigenvalue weighted by atomic mass is 9.94. The van der Waals surface area contributed by atoms with Crippen molar-refractivity contribution in [2.24, 2.45) is 0 Å². The molecule has 2 N–H and O–H groups in total. The van der Waals surface area contributed by atoms with Crippen LogP contribution in [0.25, 0.3) is 17.0 Å². The molecule has 0 fully saturated rings. The van der Waals surface area contributed by atoms with Gasteiger partial charge in [0.05, 0.1) is 31.9 Å². The quantitative estimate of drug-likeness (QED) is 0.420. The molecule has 1 unspecified atom stereocenters. The Morgan fingerprint density at radius 1 is 1.17 bits per heavy atom. The highest BCUT2D eigenvalue weighted by atomic mass is 32.1. The summed E-state index contributed by atoms with van der Waals surface area (Å²) >= 11 is 5.65. The summed E-state index contributed by atoms with van der Waals surface area (Å²) in [5.41, 5.74) is 3.18. The lowest BCUT2D eigenvalue weighted by Gasteiger charge is -2.37. The molecule has 2 heterocycles. The van der Waals surface area contributed by atoms with Gasteiger partial charge in [0.15, 0.2) is 16.6 Å². The molecule has 35 heavy (non-hydrogen) atoms. The summed E-state index contributed by atoms with van der Waals surface area (Å²) in [5.74, 6) is 1.99. The van der Waals surface area contributed by atoms with Crippen molar-refractivity contribution < 1.29 is 23.8 Å². The monoisotopic (exact) mass is 496 g/mol. The second kappa shape index (κ2) is 10.7. The van der Waals surface area contributed by atoms with Crippen LogP contribution in [0.1, 0.15) is 31.3 Å². The zero-order valence-electron chi connectivity index (χ0n) is 20.1. The Balaban J connectivity index is 1.76. The summed E-state index contributed by atoms with van der Waals surface area (Å²) in [5, 5.41) is 18.5. The second-order valence-corrected chi connectivity index (χ2v) is 8.22. The Bertz CT molecular complexity index is 1220. The summed E-state index contributed by atoms with van der Waals surface area (Å²) in [7, 11) is 3.15. The molecule has 1 aliphatic rings. The summed E-state index contributed by atoms with van der Waals surface area (Å²) in [6, 6.07) is 12.3. The normalized spacial score (nSPS) is 15.8. The number of hydrogen-bond acceptors (Lipinski definition) is 8. The molecule has 0 aliphatic carbocycles. The van der Waals surface area contributed by atoms with Crippen molar-refractivity contribution in [3.63, 3.8) is 0 Å². The van der Waals surface area contributed by atoms with Gasteiger partial charge in [0.1, 0.15) is 5.75 Å². The van der Waals surface area contributed by atoms with Gasteiger partial charge in [-0.05, 0) is 68.0 Å².